The van der Waals surface area contributed by atoms with Gasteiger partial charge in [-0.3, -0.25) is 4.98 Å². The number of rotatable bonds is 4. The van der Waals surface area contributed by atoms with E-state index in [0.717, 1.165) is 51.9 Å². The summed E-state index contributed by atoms with van der Waals surface area (Å²) in [4.78, 5) is 16.5. The molecule has 1 N–H and O–H groups in total. The van der Waals surface area contributed by atoms with Crippen molar-refractivity contribution < 1.29 is 9.47 Å². The lowest BCUT2D eigenvalue weighted by Gasteiger charge is -2.19. The molecule has 0 amide bonds. The molecule has 156 valence electrons. The van der Waals surface area contributed by atoms with Gasteiger partial charge in [-0.2, -0.15) is 0 Å². The van der Waals surface area contributed by atoms with Crippen molar-refractivity contribution in [1.82, 2.24) is 15.0 Å². The molecule has 0 saturated carbocycles. The number of anilines is 1. The van der Waals surface area contributed by atoms with Crippen LogP contribution in [0.5, 0.6) is 11.5 Å². The van der Waals surface area contributed by atoms with Crippen LogP contribution in [0.25, 0.3) is 21.6 Å². The topological polar surface area (TPSA) is 69.2 Å². The average molecular weight is 431 g/mol. The summed E-state index contributed by atoms with van der Waals surface area (Å²) in [5.41, 5.74) is 3.54. The largest absolute Gasteiger partial charge is 0.486 e. The first-order valence-electron chi connectivity index (χ1n) is 10.7. The fourth-order valence-corrected chi connectivity index (χ4v) is 5.56. The van der Waals surface area contributed by atoms with Gasteiger partial charge in [0, 0.05) is 29.4 Å². The van der Waals surface area contributed by atoms with Crippen molar-refractivity contribution in [3.05, 3.63) is 58.7 Å². The van der Waals surface area contributed by atoms with Crippen LogP contribution in [0.3, 0.4) is 0 Å². The Morgan fingerprint density at radius 2 is 1.77 bits per heavy atom. The molecule has 3 aromatic heterocycles. The van der Waals surface area contributed by atoms with Gasteiger partial charge in [-0.15, -0.1) is 11.3 Å². The number of thiophene rings is 1. The maximum Gasteiger partial charge on any atom is 0.163 e. The molecule has 6 rings (SSSR count). The predicted molar refractivity (Wildman–Crippen MR) is 122 cm³/mol. The second kappa shape index (κ2) is 7.81. The van der Waals surface area contributed by atoms with Crippen molar-refractivity contribution in [2.24, 2.45) is 0 Å². The van der Waals surface area contributed by atoms with Crippen molar-refractivity contribution in [3.63, 3.8) is 0 Å². The van der Waals surface area contributed by atoms with E-state index in [1.807, 2.05) is 35.6 Å². The van der Waals surface area contributed by atoms with Gasteiger partial charge in [-0.1, -0.05) is 6.07 Å². The molecule has 0 unspecified atom stereocenters. The zero-order chi connectivity index (χ0) is 20.6. The van der Waals surface area contributed by atoms with Gasteiger partial charge in [0.2, 0.25) is 0 Å². The van der Waals surface area contributed by atoms with Crippen molar-refractivity contribution in [2.75, 3.05) is 18.5 Å². The number of benzene rings is 1. The van der Waals surface area contributed by atoms with Crippen LogP contribution in [0.4, 0.5) is 5.82 Å². The smallest absolute Gasteiger partial charge is 0.163 e. The number of aryl methyl sites for hydroxylation is 2. The summed E-state index contributed by atoms with van der Waals surface area (Å²) in [5.74, 6) is 3.26. The highest BCUT2D eigenvalue weighted by atomic mass is 32.1. The Labute approximate surface area is 184 Å². The molecule has 1 aliphatic heterocycles. The van der Waals surface area contributed by atoms with E-state index in [-0.39, 0.29) is 0 Å². The molecule has 0 saturated heterocycles. The van der Waals surface area contributed by atoms with Crippen LogP contribution in [0.15, 0.2) is 42.7 Å². The summed E-state index contributed by atoms with van der Waals surface area (Å²) >= 11 is 1.82. The second-order valence-corrected chi connectivity index (χ2v) is 8.94. The minimum atomic E-state index is 0.590. The van der Waals surface area contributed by atoms with Crippen LogP contribution >= 0.6 is 11.3 Å². The summed E-state index contributed by atoms with van der Waals surface area (Å²) in [6.07, 6.45) is 8.29. The normalized spacial score (nSPS) is 15.0. The molecule has 1 aliphatic carbocycles. The summed E-state index contributed by atoms with van der Waals surface area (Å²) < 4.78 is 11.4. The molecule has 0 fully saturated rings. The van der Waals surface area contributed by atoms with E-state index >= 15 is 0 Å². The van der Waals surface area contributed by atoms with Crippen LogP contribution < -0.4 is 14.8 Å². The Morgan fingerprint density at radius 3 is 2.68 bits per heavy atom. The van der Waals surface area contributed by atoms with Gasteiger partial charge in [-0.05, 0) is 61.1 Å². The molecule has 31 heavy (non-hydrogen) atoms. The highest BCUT2D eigenvalue weighted by Gasteiger charge is 2.22. The van der Waals surface area contributed by atoms with Gasteiger partial charge in [0.15, 0.2) is 17.3 Å². The number of hydrogen-bond acceptors (Lipinski definition) is 7. The molecule has 1 aromatic carbocycles. The number of aromatic nitrogens is 3. The highest BCUT2D eigenvalue weighted by molar-refractivity contribution is 7.19. The molecule has 2 aliphatic rings. The Kier molecular flexibility index (Phi) is 4.68. The van der Waals surface area contributed by atoms with Crippen LogP contribution in [-0.2, 0) is 19.4 Å². The standard InChI is InChI=1S/C24H22N4O2S/c1-2-4-20-17(3-1)21-23(26-14-15-5-6-18-19(13-15)30-12-11-29-18)27-22(28-24(21)31-20)16-7-9-25-10-8-16/h5-10,13H,1-4,11-12,14H2,(H,26,27,28). The Hall–Kier alpha value is -3.19. The predicted octanol–water partition coefficient (Wildman–Crippen LogP) is 5.02. The first-order valence-corrected chi connectivity index (χ1v) is 11.5. The van der Waals surface area contributed by atoms with Gasteiger partial charge >= 0.3 is 0 Å². The Balaban J connectivity index is 1.39. The minimum absolute atomic E-state index is 0.590. The fraction of sp³-hybridized carbons (Fsp3) is 0.292. The summed E-state index contributed by atoms with van der Waals surface area (Å²) in [6, 6.07) is 10.0. The highest BCUT2D eigenvalue weighted by Crippen LogP contribution is 2.40. The van der Waals surface area contributed by atoms with Gasteiger partial charge in [0.05, 0.1) is 5.39 Å². The molecule has 0 spiro atoms. The third kappa shape index (κ3) is 3.49. The molecular weight excluding hydrogens is 408 g/mol. The van der Waals surface area contributed by atoms with E-state index in [2.05, 4.69) is 16.4 Å². The van der Waals surface area contributed by atoms with Crippen molar-refractivity contribution in [1.29, 1.82) is 0 Å². The summed E-state index contributed by atoms with van der Waals surface area (Å²) in [5, 5.41) is 4.79. The molecule has 6 nitrogen and oxygen atoms in total. The monoisotopic (exact) mass is 430 g/mol. The van der Waals surface area contributed by atoms with E-state index in [4.69, 9.17) is 19.4 Å². The van der Waals surface area contributed by atoms with Gasteiger partial charge in [0.1, 0.15) is 23.9 Å². The number of ether oxygens (including phenoxy) is 2. The van der Waals surface area contributed by atoms with Gasteiger partial charge in [-0.25, -0.2) is 9.97 Å². The third-order valence-corrected chi connectivity index (χ3v) is 7.01. The number of nitrogens with one attached hydrogen (secondary N) is 1. The zero-order valence-corrected chi connectivity index (χ0v) is 17.9. The average Bonchev–Trinajstić information content (AvgIpc) is 3.21. The van der Waals surface area contributed by atoms with E-state index in [0.29, 0.717) is 19.8 Å². The zero-order valence-electron chi connectivity index (χ0n) is 17.1. The summed E-state index contributed by atoms with van der Waals surface area (Å²) in [7, 11) is 0. The van der Waals surface area contributed by atoms with E-state index in [1.165, 1.54) is 28.7 Å². The molecule has 0 atom stereocenters. The first kappa shape index (κ1) is 18.6. The van der Waals surface area contributed by atoms with E-state index in [1.54, 1.807) is 12.4 Å². The lowest BCUT2D eigenvalue weighted by Crippen LogP contribution is -2.15. The maximum absolute atomic E-state index is 5.74. The van der Waals surface area contributed by atoms with E-state index in [9.17, 15) is 0 Å². The number of nitrogens with zero attached hydrogens (tertiary/aromatic N) is 3. The van der Waals surface area contributed by atoms with Crippen LogP contribution in [0.2, 0.25) is 0 Å². The van der Waals surface area contributed by atoms with E-state index < -0.39 is 0 Å². The summed E-state index contributed by atoms with van der Waals surface area (Å²) in [6.45, 7) is 1.85. The molecule has 0 radical (unpaired) electrons. The first-order chi connectivity index (χ1) is 15.3. The fourth-order valence-electron chi connectivity index (χ4n) is 4.30. The van der Waals surface area contributed by atoms with Crippen molar-refractivity contribution in [3.8, 4) is 22.9 Å². The van der Waals surface area contributed by atoms with Crippen molar-refractivity contribution >= 4 is 27.4 Å². The quantitative estimate of drug-likeness (QED) is 0.491. The molecule has 4 aromatic rings. The molecule has 0 bridgehead atoms. The minimum Gasteiger partial charge on any atom is -0.486 e. The van der Waals surface area contributed by atoms with Crippen LogP contribution in [0.1, 0.15) is 28.8 Å². The Bertz CT molecular complexity index is 1260. The Morgan fingerprint density at radius 1 is 0.935 bits per heavy atom. The number of hydrogen-bond donors (Lipinski definition) is 1. The number of fused-ring (bicyclic) bond motifs is 4. The molecular formula is C24H22N4O2S. The lowest BCUT2D eigenvalue weighted by atomic mass is 9.97. The SMILES string of the molecule is c1cc(-c2nc(NCc3ccc4c(c3)OCCO4)c3c4c(sc3n2)CCCC4)ccn1. The molecule has 4 heterocycles. The van der Waals surface area contributed by atoms with Gasteiger partial charge < -0.3 is 14.8 Å². The third-order valence-electron chi connectivity index (χ3n) is 5.82. The van der Waals surface area contributed by atoms with Crippen LogP contribution in [0, 0.1) is 0 Å². The lowest BCUT2D eigenvalue weighted by molar-refractivity contribution is 0.171. The van der Waals surface area contributed by atoms with Crippen LogP contribution in [-0.4, -0.2) is 28.2 Å². The molecule has 7 heteroatoms. The number of pyridine rings is 1. The maximum atomic E-state index is 5.74. The second-order valence-electron chi connectivity index (χ2n) is 7.85. The van der Waals surface area contributed by atoms with Gasteiger partial charge in [0.25, 0.3) is 0 Å². The van der Waals surface area contributed by atoms with Crippen molar-refractivity contribution in [2.45, 2.75) is 32.2 Å².